The third-order valence-corrected chi connectivity index (χ3v) is 4.80. The predicted molar refractivity (Wildman–Crippen MR) is 111 cm³/mol. The lowest BCUT2D eigenvalue weighted by Gasteiger charge is -2.13. The van der Waals surface area contributed by atoms with E-state index in [-0.39, 0.29) is 12.6 Å². The number of nitrogens with two attached hydrogens (primary N) is 1. The molecule has 0 amide bonds. The van der Waals surface area contributed by atoms with E-state index >= 15 is 0 Å². The highest BCUT2D eigenvalue weighted by molar-refractivity contribution is 5.83. The number of aliphatic hydroxyl groups excluding tert-OH is 1. The van der Waals surface area contributed by atoms with E-state index in [1.807, 2.05) is 48.7 Å². The van der Waals surface area contributed by atoms with Crippen molar-refractivity contribution in [2.24, 2.45) is 5.73 Å². The third kappa shape index (κ3) is 4.06. The maximum Gasteiger partial charge on any atom is 0.138 e. The number of aliphatic hydroxyl groups is 1. The fourth-order valence-corrected chi connectivity index (χ4v) is 3.30. The van der Waals surface area contributed by atoms with Crippen LogP contribution in [0.25, 0.3) is 22.0 Å². The van der Waals surface area contributed by atoms with E-state index in [1.165, 1.54) is 10.9 Å². The van der Waals surface area contributed by atoms with Gasteiger partial charge in [0.1, 0.15) is 12.4 Å². The molecule has 0 aliphatic rings. The molecule has 142 valence electrons. The number of nitrogens with zero attached hydrogens (tertiary/aromatic N) is 1. The van der Waals surface area contributed by atoms with Gasteiger partial charge in [-0.25, -0.2) is 0 Å². The van der Waals surface area contributed by atoms with E-state index in [9.17, 15) is 0 Å². The Morgan fingerprint density at radius 1 is 1.04 bits per heavy atom. The molecule has 0 saturated carbocycles. The first-order valence-corrected chi connectivity index (χ1v) is 9.31. The van der Waals surface area contributed by atoms with Gasteiger partial charge in [0, 0.05) is 34.9 Å². The Morgan fingerprint density at radius 2 is 1.86 bits per heavy atom. The number of aromatic amines is 1. The van der Waals surface area contributed by atoms with Crippen LogP contribution in [0.15, 0.2) is 73.2 Å². The average Bonchev–Trinajstić information content (AvgIpc) is 3.15. The van der Waals surface area contributed by atoms with Gasteiger partial charge in [0.25, 0.3) is 0 Å². The van der Waals surface area contributed by atoms with Gasteiger partial charge in [0.05, 0.1) is 12.8 Å². The number of H-pyrrole nitrogens is 1. The van der Waals surface area contributed by atoms with Gasteiger partial charge in [0.15, 0.2) is 0 Å². The number of pyridine rings is 1. The number of nitrogens with one attached hydrogen (secondary N) is 1. The van der Waals surface area contributed by atoms with Gasteiger partial charge in [-0.2, -0.15) is 0 Å². The van der Waals surface area contributed by atoms with Crippen molar-refractivity contribution in [2.75, 3.05) is 6.61 Å². The van der Waals surface area contributed by atoms with Crippen LogP contribution in [0.2, 0.25) is 0 Å². The van der Waals surface area contributed by atoms with Crippen molar-refractivity contribution in [1.29, 1.82) is 0 Å². The minimum absolute atomic E-state index is 0.0377. The molecule has 0 spiro atoms. The first-order valence-electron chi connectivity index (χ1n) is 9.31. The molecule has 0 aliphatic carbocycles. The van der Waals surface area contributed by atoms with E-state index in [1.54, 1.807) is 12.4 Å². The zero-order valence-corrected chi connectivity index (χ0v) is 15.5. The van der Waals surface area contributed by atoms with Crippen molar-refractivity contribution in [2.45, 2.75) is 19.1 Å². The van der Waals surface area contributed by atoms with Gasteiger partial charge in [-0.3, -0.25) is 4.98 Å². The number of aromatic nitrogens is 2. The first-order chi connectivity index (χ1) is 13.7. The van der Waals surface area contributed by atoms with E-state index < -0.39 is 0 Å². The average molecular weight is 373 g/mol. The second kappa shape index (κ2) is 8.25. The number of hydrogen-bond donors (Lipinski definition) is 3. The van der Waals surface area contributed by atoms with E-state index in [0.29, 0.717) is 12.4 Å². The Bertz CT molecular complexity index is 1060. The number of benzene rings is 2. The van der Waals surface area contributed by atoms with Crippen LogP contribution >= 0.6 is 0 Å². The first kappa shape index (κ1) is 18.2. The zero-order valence-electron chi connectivity index (χ0n) is 15.5. The molecule has 0 saturated heterocycles. The number of fused-ring (bicyclic) bond motifs is 1. The SMILES string of the molecule is N[C@H](COc1cncc(-c2ccc(CO)cc2)c1)Cc1c[nH]c2ccccc12. The van der Waals surface area contributed by atoms with Gasteiger partial charge >= 0.3 is 0 Å². The van der Waals surface area contributed by atoms with E-state index in [2.05, 4.69) is 22.1 Å². The fraction of sp³-hybridized carbons (Fsp3) is 0.174. The van der Waals surface area contributed by atoms with Crippen LogP contribution < -0.4 is 10.5 Å². The van der Waals surface area contributed by atoms with Crippen molar-refractivity contribution in [1.82, 2.24) is 9.97 Å². The quantitative estimate of drug-likeness (QED) is 0.461. The number of hydrogen-bond acceptors (Lipinski definition) is 4. The van der Waals surface area contributed by atoms with Crippen LogP contribution in [-0.4, -0.2) is 27.7 Å². The summed E-state index contributed by atoms with van der Waals surface area (Å²) in [5.74, 6) is 0.693. The summed E-state index contributed by atoms with van der Waals surface area (Å²) in [6, 6.07) is 17.8. The second-order valence-corrected chi connectivity index (χ2v) is 6.90. The molecular formula is C23H23N3O2. The Hall–Kier alpha value is -3.15. The number of rotatable bonds is 7. The Balaban J connectivity index is 1.40. The summed E-state index contributed by atoms with van der Waals surface area (Å²) < 4.78 is 5.90. The van der Waals surface area contributed by atoms with Crippen LogP contribution in [0.3, 0.4) is 0 Å². The largest absolute Gasteiger partial charge is 0.490 e. The van der Waals surface area contributed by atoms with E-state index in [0.717, 1.165) is 28.6 Å². The lowest BCUT2D eigenvalue weighted by Crippen LogP contribution is -2.30. The maximum atomic E-state index is 9.17. The van der Waals surface area contributed by atoms with Gasteiger partial charge < -0.3 is 20.6 Å². The molecule has 2 aromatic heterocycles. The topological polar surface area (TPSA) is 84.2 Å². The van der Waals surface area contributed by atoms with Crippen molar-refractivity contribution in [3.63, 3.8) is 0 Å². The molecule has 1 atom stereocenters. The number of ether oxygens (including phenoxy) is 1. The van der Waals surface area contributed by atoms with Crippen LogP contribution in [0.4, 0.5) is 0 Å². The molecule has 4 rings (SSSR count). The summed E-state index contributed by atoms with van der Waals surface area (Å²) in [6.07, 6.45) is 6.25. The van der Waals surface area contributed by atoms with Crippen molar-refractivity contribution in [3.05, 3.63) is 84.3 Å². The molecule has 0 unspecified atom stereocenters. The van der Waals surface area contributed by atoms with Crippen LogP contribution in [0.1, 0.15) is 11.1 Å². The zero-order chi connectivity index (χ0) is 19.3. The van der Waals surface area contributed by atoms with Crippen LogP contribution in [-0.2, 0) is 13.0 Å². The standard InChI is InChI=1S/C23H23N3O2/c24-20(9-19-12-26-23-4-2-1-3-22(19)23)15-28-21-10-18(11-25-13-21)17-7-5-16(14-27)6-8-17/h1-8,10-13,20,26-27H,9,14-15,24H2/t20-/m0/s1. The highest BCUT2D eigenvalue weighted by Crippen LogP contribution is 2.23. The highest BCUT2D eigenvalue weighted by Gasteiger charge is 2.10. The summed E-state index contributed by atoms with van der Waals surface area (Å²) in [6.45, 7) is 0.449. The predicted octanol–water partition coefficient (Wildman–Crippen LogP) is 3.67. The molecule has 0 fully saturated rings. The lowest BCUT2D eigenvalue weighted by atomic mass is 10.1. The molecule has 5 nitrogen and oxygen atoms in total. The number of para-hydroxylation sites is 1. The van der Waals surface area contributed by atoms with E-state index in [4.69, 9.17) is 15.6 Å². The summed E-state index contributed by atoms with van der Waals surface area (Å²) >= 11 is 0. The molecule has 4 N–H and O–H groups in total. The lowest BCUT2D eigenvalue weighted by molar-refractivity contribution is 0.282. The van der Waals surface area contributed by atoms with Crippen molar-refractivity contribution >= 4 is 10.9 Å². The van der Waals surface area contributed by atoms with Crippen molar-refractivity contribution < 1.29 is 9.84 Å². The van der Waals surface area contributed by atoms with Crippen LogP contribution in [0, 0.1) is 0 Å². The molecule has 0 radical (unpaired) electrons. The minimum Gasteiger partial charge on any atom is -0.490 e. The summed E-state index contributed by atoms with van der Waals surface area (Å²) in [7, 11) is 0. The Kier molecular flexibility index (Phi) is 5.37. The molecular weight excluding hydrogens is 350 g/mol. The molecule has 0 aliphatic heterocycles. The van der Waals surface area contributed by atoms with Gasteiger partial charge in [-0.05, 0) is 35.2 Å². The Morgan fingerprint density at radius 3 is 2.68 bits per heavy atom. The summed E-state index contributed by atoms with van der Waals surface area (Å²) in [5.41, 5.74) is 11.5. The molecule has 2 aromatic carbocycles. The minimum atomic E-state index is -0.119. The van der Waals surface area contributed by atoms with Gasteiger partial charge in [-0.15, -0.1) is 0 Å². The monoisotopic (exact) mass is 373 g/mol. The smallest absolute Gasteiger partial charge is 0.138 e. The molecule has 5 heteroatoms. The highest BCUT2D eigenvalue weighted by atomic mass is 16.5. The maximum absolute atomic E-state index is 9.17. The molecule has 2 heterocycles. The van der Waals surface area contributed by atoms with Gasteiger partial charge in [0.2, 0.25) is 0 Å². The summed E-state index contributed by atoms with van der Waals surface area (Å²) in [4.78, 5) is 7.56. The third-order valence-electron chi connectivity index (χ3n) is 4.80. The van der Waals surface area contributed by atoms with Crippen molar-refractivity contribution in [3.8, 4) is 16.9 Å². The normalized spacial score (nSPS) is 12.2. The Labute approximate surface area is 163 Å². The molecule has 0 bridgehead atoms. The summed E-state index contributed by atoms with van der Waals surface area (Å²) in [5, 5.41) is 10.4. The molecule has 28 heavy (non-hydrogen) atoms. The van der Waals surface area contributed by atoms with Crippen LogP contribution in [0.5, 0.6) is 5.75 Å². The second-order valence-electron chi connectivity index (χ2n) is 6.90. The molecule has 4 aromatic rings. The van der Waals surface area contributed by atoms with Gasteiger partial charge in [-0.1, -0.05) is 42.5 Å². The fourth-order valence-electron chi connectivity index (χ4n) is 3.30.